The maximum atomic E-state index is 12.7. The van der Waals surface area contributed by atoms with Crippen LogP contribution in [0.15, 0.2) is 18.2 Å². The number of anilines is 1. The van der Waals surface area contributed by atoms with Crippen LogP contribution in [0.1, 0.15) is 56.6 Å². The van der Waals surface area contributed by atoms with Crippen molar-refractivity contribution in [1.82, 2.24) is 4.90 Å². The van der Waals surface area contributed by atoms with Gasteiger partial charge in [-0.1, -0.05) is 25.1 Å². The fourth-order valence-corrected chi connectivity index (χ4v) is 4.23. The second kappa shape index (κ2) is 8.03. The van der Waals surface area contributed by atoms with E-state index in [-0.39, 0.29) is 17.7 Å². The van der Waals surface area contributed by atoms with Crippen molar-refractivity contribution in [2.45, 2.75) is 58.8 Å². The molecule has 4 heteroatoms. The highest BCUT2D eigenvalue weighted by atomic mass is 16.2. The fraction of sp³-hybridized carbons (Fsp3) is 0.619. The highest BCUT2D eigenvalue weighted by Gasteiger charge is 2.33. The molecule has 1 saturated heterocycles. The number of likely N-dealkylation sites (tertiary alicyclic amines) is 1. The van der Waals surface area contributed by atoms with Gasteiger partial charge in [0.1, 0.15) is 0 Å². The topological polar surface area (TPSA) is 49.4 Å². The van der Waals surface area contributed by atoms with Crippen LogP contribution in [0.3, 0.4) is 0 Å². The van der Waals surface area contributed by atoms with Crippen LogP contribution in [-0.2, 0) is 16.0 Å². The Morgan fingerprint density at radius 3 is 2.36 bits per heavy atom. The van der Waals surface area contributed by atoms with Crippen LogP contribution in [0.25, 0.3) is 0 Å². The summed E-state index contributed by atoms with van der Waals surface area (Å²) in [5.41, 5.74) is 3.28. The van der Waals surface area contributed by atoms with Crippen molar-refractivity contribution in [3.8, 4) is 0 Å². The molecule has 2 fully saturated rings. The molecule has 0 spiro atoms. The van der Waals surface area contributed by atoms with Crippen LogP contribution in [0, 0.1) is 18.8 Å². The monoisotopic (exact) mass is 342 g/mol. The van der Waals surface area contributed by atoms with Gasteiger partial charge in [-0.25, -0.2) is 0 Å². The van der Waals surface area contributed by atoms with Crippen LogP contribution in [-0.4, -0.2) is 29.8 Å². The van der Waals surface area contributed by atoms with E-state index >= 15 is 0 Å². The van der Waals surface area contributed by atoms with E-state index in [4.69, 9.17) is 0 Å². The van der Waals surface area contributed by atoms with Gasteiger partial charge in [-0.3, -0.25) is 9.59 Å². The predicted molar refractivity (Wildman–Crippen MR) is 100 cm³/mol. The van der Waals surface area contributed by atoms with Gasteiger partial charge in [-0.2, -0.15) is 0 Å². The number of benzene rings is 1. The molecule has 1 aliphatic heterocycles. The molecule has 2 aliphatic rings. The molecule has 25 heavy (non-hydrogen) atoms. The number of carbonyl (C=O) groups is 2. The van der Waals surface area contributed by atoms with Crippen LogP contribution in [0.2, 0.25) is 0 Å². The first-order valence-electron chi connectivity index (χ1n) is 9.78. The van der Waals surface area contributed by atoms with Crippen molar-refractivity contribution < 1.29 is 9.59 Å². The second-order valence-corrected chi connectivity index (χ2v) is 7.53. The third kappa shape index (κ3) is 4.05. The number of nitrogens with one attached hydrogen (secondary N) is 1. The smallest absolute Gasteiger partial charge is 0.227 e. The molecule has 1 aromatic rings. The minimum atomic E-state index is 0.0342. The van der Waals surface area contributed by atoms with Crippen molar-refractivity contribution in [3.05, 3.63) is 29.3 Å². The van der Waals surface area contributed by atoms with Gasteiger partial charge in [0.05, 0.1) is 0 Å². The minimum Gasteiger partial charge on any atom is -0.342 e. The second-order valence-electron chi connectivity index (χ2n) is 7.53. The van der Waals surface area contributed by atoms with E-state index in [1.54, 1.807) is 0 Å². The maximum Gasteiger partial charge on any atom is 0.227 e. The number of hydrogen-bond acceptors (Lipinski definition) is 2. The third-order valence-corrected chi connectivity index (χ3v) is 5.85. The van der Waals surface area contributed by atoms with Gasteiger partial charge in [-0.15, -0.1) is 0 Å². The lowest BCUT2D eigenvalue weighted by Gasteiger charge is -2.30. The number of aryl methyl sites for hydroxylation is 2. The van der Waals surface area contributed by atoms with Crippen molar-refractivity contribution in [3.63, 3.8) is 0 Å². The molecule has 1 saturated carbocycles. The van der Waals surface area contributed by atoms with Crippen LogP contribution in [0.5, 0.6) is 0 Å². The SMILES string of the molecule is CCc1cccc(C)c1NC(=O)C1CCC(C(=O)N2CCCC2)CC1. The predicted octanol–water partition coefficient (Wildman–Crippen LogP) is 3.92. The Balaban J connectivity index is 1.56. The lowest BCUT2D eigenvalue weighted by molar-refractivity contribution is -0.136. The summed E-state index contributed by atoms with van der Waals surface area (Å²) in [5, 5.41) is 3.16. The van der Waals surface area contributed by atoms with E-state index in [1.807, 2.05) is 24.0 Å². The number of carbonyl (C=O) groups excluding carboxylic acids is 2. The Morgan fingerprint density at radius 2 is 1.72 bits per heavy atom. The molecule has 136 valence electrons. The average Bonchev–Trinajstić information content (AvgIpc) is 3.17. The van der Waals surface area contributed by atoms with Gasteiger partial charge in [-0.05, 0) is 63.0 Å². The summed E-state index contributed by atoms with van der Waals surface area (Å²) >= 11 is 0. The highest BCUT2D eigenvalue weighted by molar-refractivity contribution is 5.94. The maximum absolute atomic E-state index is 12.7. The molecule has 0 unspecified atom stereocenters. The highest BCUT2D eigenvalue weighted by Crippen LogP contribution is 2.32. The zero-order valence-corrected chi connectivity index (χ0v) is 15.5. The van der Waals surface area contributed by atoms with Gasteiger partial charge in [0, 0.05) is 30.6 Å². The molecule has 0 radical (unpaired) electrons. The first kappa shape index (κ1) is 18.0. The van der Waals surface area contributed by atoms with E-state index in [1.165, 1.54) is 5.56 Å². The van der Waals surface area contributed by atoms with Crippen LogP contribution >= 0.6 is 0 Å². The summed E-state index contributed by atoms with van der Waals surface area (Å²) in [5.74, 6) is 0.610. The Bertz CT molecular complexity index is 627. The summed E-state index contributed by atoms with van der Waals surface area (Å²) in [4.78, 5) is 27.3. The summed E-state index contributed by atoms with van der Waals surface area (Å²) < 4.78 is 0. The Morgan fingerprint density at radius 1 is 1.08 bits per heavy atom. The molecular formula is C21H30N2O2. The van der Waals surface area contributed by atoms with Crippen molar-refractivity contribution >= 4 is 17.5 Å². The van der Waals surface area contributed by atoms with Gasteiger partial charge >= 0.3 is 0 Å². The van der Waals surface area contributed by atoms with Gasteiger partial charge in [0.2, 0.25) is 11.8 Å². The third-order valence-electron chi connectivity index (χ3n) is 5.85. The first-order valence-corrected chi connectivity index (χ1v) is 9.78. The minimum absolute atomic E-state index is 0.0342. The van der Waals surface area contributed by atoms with Crippen molar-refractivity contribution in [2.24, 2.45) is 11.8 Å². The van der Waals surface area contributed by atoms with Gasteiger partial charge < -0.3 is 10.2 Å². The Kier molecular flexibility index (Phi) is 5.77. The molecule has 0 atom stereocenters. The van der Waals surface area contributed by atoms with Crippen LogP contribution in [0.4, 0.5) is 5.69 Å². The lowest BCUT2D eigenvalue weighted by atomic mass is 9.81. The number of nitrogens with zero attached hydrogens (tertiary/aromatic N) is 1. The fourth-order valence-electron chi connectivity index (χ4n) is 4.23. The molecule has 4 nitrogen and oxygen atoms in total. The Labute approximate surface area is 151 Å². The number of hydrogen-bond donors (Lipinski definition) is 1. The van der Waals surface area contributed by atoms with Gasteiger partial charge in [0.25, 0.3) is 0 Å². The number of para-hydroxylation sites is 1. The summed E-state index contributed by atoms with van der Waals surface area (Å²) in [7, 11) is 0. The Hall–Kier alpha value is -1.84. The van der Waals surface area contributed by atoms with Crippen LogP contribution < -0.4 is 5.32 Å². The van der Waals surface area contributed by atoms with E-state index in [0.717, 1.165) is 69.3 Å². The lowest BCUT2D eigenvalue weighted by Crippen LogP contribution is -2.37. The summed E-state index contributed by atoms with van der Waals surface area (Å²) in [6, 6.07) is 6.16. The number of amides is 2. The normalized spacial score (nSPS) is 23.5. The van der Waals surface area contributed by atoms with E-state index in [0.29, 0.717) is 5.91 Å². The zero-order valence-electron chi connectivity index (χ0n) is 15.5. The largest absolute Gasteiger partial charge is 0.342 e. The summed E-state index contributed by atoms with van der Waals surface area (Å²) in [6.07, 6.45) is 6.53. The molecule has 2 amide bonds. The molecule has 1 aromatic carbocycles. The van der Waals surface area contributed by atoms with Crippen molar-refractivity contribution in [1.29, 1.82) is 0 Å². The van der Waals surface area contributed by atoms with Crippen molar-refractivity contribution in [2.75, 3.05) is 18.4 Å². The molecule has 1 aliphatic carbocycles. The standard InChI is InChI=1S/C21H30N2O2/c1-3-16-8-6-7-15(2)19(16)22-20(24)17-9-11-18(12-10-17)21(25)23-13-4-5-14-23/h6-8,17-18H,3-5,9-14H2,1-2H3,(H,22,24). The molecule has 0 bridgehead atoms. The molecule has 0 aromatic heterocycles. The molecule has 1 heterocycles. The quantitative estimate of drug-likeness (QED) is 0.901. The molecule has 1 N–H and O–H groups in total. The van der Waals surface area contributed by atoms with E-state index in [2.05, 4.69) is 18.3 Å². The summed E-state index contributed by atoms with van der Waals surface area (Å²) in [6.45, 7) is 6.00. The zero-order chi connectivity index (χ0) is 17.8. The van der Waals surface area contributed by atoms with Gasteiger partial charge in [0.15, 0.2) is 0 Å². The first-order chi connectivity index (χ1) is 12.1. The van der Waals surface area contributed by atoms with E-state index < -0.39 is 0 Å². The molecular weight excluding hydrogens is 312 g/mol. The molecule has 3 rings (SSSR count). The number of rotatable bonds is 4. The van der Waals surface area contributed by atoms with E-state index in [9.17, 15) is 9.59 Å². The average molecular weight is 342 g/mol.